The van der Waals surface area contributed by atoms with Gasteiger partial charge in [-0.25, -0.2) is 4.98 Å². The molecule has 2 amide bonds. The Kier molecular flexibility index (Phi) is 5.39. The van der Waals surface area contributed by atoms with E-state index < -0.39 is 0 Å². The second-order valence-corrected chi connectivity index (χ2v) is 8.20. The van der Waals surface area contributed by atoms with Gasteiger partial charge >= 0.3 is 0 Å². The van der Waals surface area contributed by atoms with Crippen molar-refractivity contribution in [2.24, 2.45) is 5.92 Å². The van der Waals surface area contributed by atoms with Crippen molar-refractivity contribution in [1.82, 2.24) is 20.1 Å². The van der Waals surface area contributed by atoms with E-state index in [9.17, 15) is 9.59 Å². The predicted octanol–water partition coefficient (Wildman–Crippen LogP) is 3.30. The maximum absolute atomic E-state index is 12.7. The van der Waals surface area contributed by atoms with E-state index in [0.29, 0.717) is 37.4 Å². The Balaban J connectivity index is 1.36. The fraction of sp³-hybridized carbons (Fsp3) is 0.350. The Hall–Kier alpha value is -3.07. The molecule has 4 rings (SSSR count). The number of aromatic nitrogens is 3. The number of nitrogens with zero attached hydrogens (tertiary/aromatic N) is 4. The summed E-state index contributed by atoms with van der Waals surface area (Å²) in [6.07, 6.45) is 2.51. The number of benzene rings is 1. The summed E-state index contributed by atoms with van der Waals surface area (Å²) in [6.45, 7) is 4.67. The summed E-state index contributed by atoms with van der Waals surface area (Å²) in [6, 6.07) is 7.61. The van der Waals surface area contributed by atoms with Crippen LogP contribution in [0, 0.1) is 19.8 Å². The van der Waals surface area contributed by atoms with Crippen LogP contribution in [0.25, 0.3) is 10.6 Å². The first-order chi connectivity index (χ1) is 14.0. The third-order valence-electron chi connectivity index (χ3n) is 5.00. The predicted molar refractivity (Wildman–Crippen MR) is 109 cm³/mol. The third kappa shape index (κ3) is 4.19. The summed E-state index contributed by atoms with van der Waals surface area (Å²) in [5.41, 5.74) is 2.01. The van der Waals surface area contributed by atoms with Crippen molar-refractivity contribution in [3.8, 4) is 10.6 Å². The number of carbonyl (C=O) groups excluding carboxylic acids is 2. The number of piperidine rings is 1. The molecule has 0 bridgehead atoms. The SMILES string of the molecule is Cc1nnc(-c2cccc(NC(=O)C3CCN(C(=O)c4ncoc4C)CC3)c2)s1. The molecule has 9 heteroatoms. The molecule has 1 aliphatic heterocycles. The quantitative estimate of drug-likeness (QED) is 0.707. The van der Waals surface area contributed by atoms with E-state index in [0.717, 1.165) is 21.3 Å². The highest BCUT2D eigenvalue weighted by Gasteiger charge is 2.29. The Bertz CT molecular complexity index is 1040. The number of oxazole rings is 1. The molecule has 3 aromatic rings. The molecule has 0 radical (unpaired) electrons. The zero-order valence-electron chi connectivity index (χ0n) is 16.2. The van der Waals surface area contributed by atoms with Gasteiger partial charge in [-0.15, -0.1) is 10.2 Å². The molecule has 0 atom stereocenters. The van der Waals surface area contributed by atoms with Crippen molar-refractivity contribution in [3.05, 3.63) is 47.1 Å². The molecule has 3 heterocycles. The first-order valence-corrected chi connectivity index (χ1v) is 10.2. The molecule has 1 fully saturated rings. The second kappa shape index (κ2) is 8.12. The van der Waals surface area contributed by atoms with Gasteiger partial charge < -0.3 is 14.6 Å². The van der Waals surface area contributed by atoms with Gasteiger partial charge in [0.2, 0.25) is 5.91 Å². The molecule has 29 heavy (non-hydrogen) atoms. The monoisotopic (exact) mass is 411 g/mol. The first-order valence-electron chi connectivity index (χ1n) is 9.42. The van der Waals surface area contributed by atoms with Gasteiger partial charge in [-0.3, -0.25) is 9.59 Å². The summed E-state index contributed by atoms with van der Waals surface area (Å²) in [5.74, 6) is 0.209. The van der Waals surface area contributed by atoms with Crippen molar-refractivity contribution in [1.29, 1.82) is 0 Å². The van der Waals surface area contributed by atoms with Gasteiger partial charge in [-0.2, -0.15) is 0 Å². The van der Waals surface area contributed by atoms with Crippen molar-refractivity contribution >= 4 is 28.8 Å². The number of rotatable bonds is 4. The van der Waals surface area contributed by atoms with Crippen LogP contribution >= 0.6 is 11.3 Å². The Morgan fingerprint density at radius 3 is 2.66 bits per heavy atom. The van der Waals surface area contributed by atoms with E-state index in [4.69, 9.17) is 4.42 Å². The maximum atomic E-state index is 12.7. The number of nitrogens with one attached hydrogen (secondary N) is 1. The van der Waals surface area contributed by atoms with Gasteiger partial charge in [0.25, 0.3) is 5.91 Å². The fourth-order valence-corrected chi connectivity index (χ4v) is 4.08. The van der Waals surface area contributed by atoms with Gasteiger partial charge in [0.05, 0.1) is 0 Å². The van der Waals surface area contributed by atoms with E-state index >= 15 is 0 Å². The van der Waals surface area contributed by atoms with Crippen LogP contribution in [0.1, 0.15) is 34.1 Å². The Morgan fingerprint density at radius 1 is 1.21 bits per heavy atom. The lowest BCUT2D eigenvalue weighted by Crippen LogP contribution is -2.41. The minimum Gasteiger partial charge on any atom is -0.448 e. The molecule has 8 nitrogen and oxygen atoms in total. The van der Waals surface area contributed by atoms with Gasteiger partial charge in [0.1, 0.15) is 15.8 Å². The molecular formula is C20H21N5O3S. The number of anilines is 1. The summed E-state index contributed by atoms with van der Waals surface area (Å²) in [7, 11) is 0. The lowest BCUT2D eigenvalue weighted by Gasteiger charge is -2.31. The average molecular weight is 411 g/mol. The smallest absolute Gasteiger partial charge is 0.276 e. The van der Waals surface area contributed by atoms with Crippen LogP contribution < -0.4 is 5.32 Å². The lowest BCUT2D eigenvalue weighted by atomic mass is 9.95. The van der Waals surface area contributed by atoms with Crippen LogP contribution in [0.5, 0.6) is 0 Å². The van der Waals surface area contributed by atoms with E-state index in [2.05, 4.69) is 20.5 Å². The number of hydrogen-bond acceptors (Lipinski definition) is 7. The lowest BCUT2D eigenvalue weighted by molar-refractivity contribution is -0.121. The molecule has 0 aliphatic carbocycles. The van der Waals surface area contributed by atoms with E-state index in [1.807, 2.05) is 31.2 Å². The number of amides is 2. The summed E-state index contributed by atoms with van der Waals surface area (Å²) in [4.78, 5) is 30.9. The summed E-state index contributed by atoms with van der Waals surface area (Å²) >= 11 is 1.52. The second-order valence-electron chi connectivity index (χ2n) is 7.02. The van der Waals surface area contributed by atoms with Crippen molar-refractivity contribution in [2.45, 2.75) is 26.7 Å². The normalized spacial score (nSPS) is 14.8. The van der Waals surface area contributed by atoms with E-state index in [1.165, 1.54) is 17.7 Å². The topological polar surface area (TPSA) is 101 Å². The van der Waals surface area contributed by atoms with Gasteiger partial charge in [0, 0.05) is 30.3 Å². The van der Waals surface area contributed by atoms with Gasteiger partial charge in [0.15, 0.2) is 12.1 Å². The highest BCUT2D eigenvalue weighted by molar-refractivity contribution is 7.14. The minimum absolute atomic E-state index is 0.0275. The highest BCUT2D eigenvalue weighted by Crippen LogP contribution is 2.27. The summed E-state index contributed by atoms with van der Waals surface area (Å²) in [5, 5.41) is 12.9. The molecule has 0 saturated carbocycles. The Labute approximate surface area is 172 Å². The standard InChI is InChI=1S/C20H21N5O3S/c1-12-17(21-11-28-12)20(27)25-8-6-14(7-9-25)18(26)22-16-5-3-4-15(10-16)19-24-23-13(2)29-19/h3-5,10-11,14H,6-9H2,1-2H3,(H,22,26). The van der Waals surface area contributed by atoms with Crippen LogP contribution in [0.3, 0.4) is 0 Å². The van der Waals surface area contributed by atoms with Crippen LogP contribution in [-0.4, -0.2) is 45.0 Å². The van der Waals surface area contributed by atoms with Crippen molar-refractivity contribution in [3.63, 3.8) is 0 Å². The van der Waals surface area contributed by atoms with Crippen LogP contribution in [0.4, 0.5) is 5.69 Å². The molecule has 0 unspecified atom stereocenters. The van der Waals surface area contributed by atoms with Crippen LogP contribution in [0.15, 0.2) is 35.1 Å². The van der Waals surface area contributed by atoms with Gasteiger partial charge in [-0.05, 0) is 38.8 Å². The molecule has 0 spiro atoms. The Morgan fingerprint density at radius 2 is 2.00 bits per heavy atom. The van der Waals surface area contributed by atoms with Crippen LogP contribution in [0.2, 0.25) is 0 Å². The first kappa shape index (κ1) is 19.3. The largest absolute Gasteiger partial charge is 0.448 e. The molecule has 1 aliphatic rings. The molecular weight excluding hydrogens is 390 g/mol. The molecule has 150 valence electrons. The number of hydrogen-bond donors (Lipinski definition) is 1. The van der Waals surface area contributed by atoms with Crippen molar-refractivity contribution < 1.29 is 14.0 Å². The molecule has 2 aromatic heterocycles. The molecule has 1 saturated heterocycles. The number of carbonyl (C=O) groups is 2. The number of likely N-dealkylation sites (tertiary alicyclic amines) is 1. The van der Waals surface area contributed by atoms with Crippen LogP contribution in [-0.2, 0) is 4.79 Å². The highest BCUT2D eigenvalue weighted by atomic mass is 32.1. The van der Waals surface area contributed by atoms with E-state index in [1.54, 1.807) is 11.8 Å². The third-order valence-corrected chi connectivity index (χ3v) is 5.89. The summed E-state index contributed by atoms with van der Waals surface area (Å²) < 4.78 is 5.11. The van der Waals surface area contributed by atoms with Gasteiger partial charge in [-0.1, -0.05) is 23.5 Å². The maximum Gasteiger partial charge on any atom is 0.276 e. The zero-order valence-corrected chi connectivity index (χ0v) is 17.0. The van der Waals surface area contributed by atoms with E-state index in [-0.39, 0.29) is 17.7 Å². The average Bonchev–Trinajstić information content (AvgIpc) is 3.36. The number of aryl methyl sites for hydroxylation is 2. The molecule has 1 N–H and O–H groups in total. The zero-order chi connectivity index (χ0) is 20.4. The molecule has 1 aromatic carbocycles. The van der Waals surface area contributed by atoms with Crippen molar-refractivity contribution in [2.75, 3.05) is 18.4 Å². The fourth-order valence-electron chi connectivity index (χ4n) is 3.39. The minimum atomic E-state index is -0.143.